The molecule has 0 spiro atoms. The van der Waals surface area contributed by atoms with Gasteiger partial charge in [-0.25, -0.2) is 0 Å². The molecule has 1 aromatic heterocycles. The molecule has 18 heavy (non-hydrogen) atoms. The molecule has 2 fully saturated rings. The van der Waals surface area contributed by atoms with Gasteiger partial charge in [0.15, 0.2) is 0 Å². The predicted octanol–water partition coefficient (Wildman–Crippen LogP) is 0.626. The van der Waals surface area contributed by atoms with Gasteiger partial charge in [-0.3, -0.25) is 9.48 Å². The molecule has 0 aromatic carbocycles. The third-order valence-corrected chi connectivity index (χ3v) is 3.70. The van der Waals surface area contributed by atoms with Crippen LogP contribution in [0.25, 0.3) is 0 Å². The summed E-state index contributed by atoms with van der Waals surface area (Å²) in [6, 6.07) is 2.57. The number of amides is 1. The summed E-state index contributed by atoms with van der Waals surface area (Å²) in [5.41, 5.74) is 0. The normalized spacial score (nSPS) is 24.6. The van der Waals surface area contributed by atoms with E-state index >= 15 is 0 Å². The first kappa shape index (κ1) is 11.7. The van der Waals surface area contributed by atoms with Crippen molar-refractivity contribution >= 4 is 5.91 Å². The molecule has 1 atom stereocenters. The third-order valence-electron chi connectivity index (χ3n) is 3.70. The summed E-state index contributed by atoms with van der Waals surface area (Å²) >= 11 is 0. The lowest BCUT2D eigenvalue weighted by Gasteiger charge is -2.32. The molecule has 1 aliphatic heterocycles. The maximum Gasteiger partial charge on any atom is 0.239 e. The second kappa shape index (κ2) is 5.10. The zero-order chi connectivity index (χ0) is 12.4. The van der Waals surface area contributed by atoms with E-state index in [1.54, 1.807) is 6.20 Å². The highest BCUT2D eigenvalue weighted by atomic mass is 16.2. The molecular formula is C13H20N4O. The minimum atomic E-state index is 0.0591. The van der Waals surface area contributed by atoms with Crippen molar-refractivity contribution in [1.29, 1.82) is 0 Å². The van der Waals surface area contributed by atoms with Crippen LogP contribution in [0.2, 0.25) is 0 Å². The largest absolute Gasteiger partial charge is 0.339 e. The summed E-state index contributed by atoms with van der Waals surface area (Å²) in [4.78, 5) is 14.3. The van der Waals surface area contributed by atoms with Crippen LogP contribution >= 0.6 is 0 Å². The summed E-state index contributed by atoms with van der Waals surface area (Å²) in [7, 11) is 0. The minimum Gasteiger partial charge on any atom is -0.339 e. The molecule has 1 aliphatic carbocycles. The number of hydrogen-bond acceptors (Lipinski definition) is 3. The van der Waals surface area contributed by atoms with Crippen LogP contribution in [0, 0.1) is 0 Å². The standard InChI is InChI=1S/C13H20N4O/c18-13-12(15-11-4-5-11)3-1-7-16(13)9-10-17-8-2-6-14-17/h2,6,8,11-12,15H,1,3-5,7,9-10H2. The topological polar surface area (TPSA) is 50.2 Å². The van der Waals surface area contributed by atoms with E-state index in [1.807, 2.05) is 21.8 Å². The Bertz CT molecular complexity index is 399. The number of nitrogens with one attached hydrogen (secondary N) is 1. The lowest BCUT2D eigenvalue weighted by Crippen LogP contribution is -2.51. The highest BCUT2D eigenvalue weighted by Crippen LogP contribution is 2.22. The van der Waals surface area contributed by atoms with E-state index in [0.29, 0.717) is 6.04 Å². The van der Waals surface area contributed by atoms with E-state index in [4.69, 9.17) is 0 Å². The average Bonchev–Trinajstić information content (AvgIpc) is 3.04. The molecule has 5 heteroatoms. The summed E-state index contributed by atoms with van der Waals surface area (Å²) in [6.45, 7) is 2.45. The molecule has 98 valence electrons. The van der Waals surface area contributed by atoms with Gasteiger partial charge in [-0.15, -0.1) is 0 Å². The van der Waals surface area contributed by atoms with Crippen LogP contribution in [0.3, 0.4) is 0 Å². The highest BCUT2D eigenvalue weighted by molar-refractivity contribution is 5.82. The zero-order valence-corrected chi connectivity index (χ0v) is 10.6. The van der Waals surface area contributed by atoms with E-state index < -0.39 is 0 Å². The highest BCUT2D eigenvalue weighted by Gasteiger charge is 2.33. The summed E-state index contributed by atoms with van der Waals surface area (Å²) in [5, 5.41) is 7.62. The van der Waals surface area contributed by atoms with Gasteiger partial charge in [0.05, 0.1) is 12.6 Å². The van der Waals surface area contributed by atoms with Crippen molar-refractivity contribution in [3.8, 4) is 0 Å². The first-order chi connectivity index (χ1) is 8.83. The number of hydrogen-bond donors (Lipinski definition) is 1. The van der Waals surface area contributed by atoms with Gasteiger partial charge in [0.25, 0.3) is 0 Å². The summed E-state index contributed by atoms with van der Waals surface area (Å²) < 4.78 is 1.88. The van der Waals surface area contributed by atoms with Gasteiger partial charge in [-0.2, -0.15) is 5.10 Å². The molecule has 0 radical (unpaired) electrons. The molecule has 1 unspecified atom stereocenters. The van der Waals surface area contributed by atoms with E-state index in [9.17, 15) is 4.79 Å². The summed E-state index contributed by atoms with van der Waals surface area (Å²) in [6.07, 6.45) is 8.28. The van der Waals surface area contributed by atoms with Gasteiger partial charge in [-0.05, 0) is 31.7 Å². The van der Waals surface area contributed by atoms with Crippen molar-refractivity contribution < 1.29 is 4.79 Å². The Morgan fingerprint density at radius 1 is 1.33 bits per heavy atom. The Hall–Kier alpha value is -1.36. The van der Waals surface area contributed by atoms with E-state index in [2.05, 4.69) is 10.4 Å². The zero-order valence-electron chi connectivity index (χ0n) is 10.6. The smallest absolute Gasteiger partial charge is 0.239 e. The maximum atomic E-state index is 12.3. The molecule has 1 N–H and O–H groups in total. The molecule has 5 nitrogen and oxygen atoms in total. The Labute approximate surface area is 107 Å². The fourth-order valence-electron chi connectivity index (χ4n) is 2.51. The second-order valence-electron chi connectivity index (χ2n) is 5.23. The molecular weight excluding hydrogens is 228 g/mol. The SMILES string of the molecule is O=C1C(NC2CC2)CCCN1CCn1cccn1. The van der Waals surface area contributed by atoms with Crippen LogP contribution in [0.5, 0.6) is 0 Å². The lowest BCUT2D eigenvalue weighted by atomic mass is 10.0. The first-order valence-corrected chi connectivity index (χ1v) is 6.85. The molecule has 1 saturated carbocycles. The van der Waals surface area contributed by atoms with Crippen LogP contribution in [0.4, 0.5) is 0 Å². The Kier molecular flexibility index (Phi) is 3.32. The van der Waals surface area contributed by atoms with E-state index in [1.165, 1.54) is 12.8 Å². The maximum absolute atomic E-state index is 12.3. The third kappa shape index (κ3) is 2.72. The van der Waals surface area contributed by atoms with Crippen LogP contribution in [0.1, 0.15) is 25.7 Å². The molecule has 2 heterocycles. The average molecular weight is 248 g/mol. The molecule has 1 aromatic rings. The van der Waals surface area contributed by atoms with Crippen molar-refractivity contribution in [2.75, 3.05) is 13.1 Å². The Morgan fingerprint density at radius 3 is 2.94 bits per heavy atom. The van der Waals surface area contributed by atoms with Crippen molar-refractivity contribution in [2.45, 2.75) is 44.3 Å². The molecule has 2 aliphatic rings. The van der Waals surface area contributed by atoms with Crippen LogP contribution in [-0.2, 0) is 11.3 Å². The number of carbonyl (C=O) groups is 1. The quantitative estimate of drug-likeness (QED) is 0.831. The van der Waals surface area contributed by atoms with Gasteiger partial charge in [0.1, 0.15) is 0 Å². The number of nitrogens with zero attached hydrogens (tertiary/aromatic N) is 3. The number of rotatable bonds is 5. The van der Waals surface area contributed by atoms with E-state index in [-0.39, 0.29) is 11.9 Å². The van der Waals surface area contributed by atoms with Gasteiger partial charge < -0.3 is 10.2 Å². The second-order valence-corrected chi connectivity index (χ2v) is 5.23. The van der Waals surface area contributed by atoms with Crippen molar-refractivity contribution in [1.82, 2.24) is 20.0 Å². The van der Waals surface area contributed by atoms with Gasteiger partial charge in [-0.1, -0.05) is 0 Å². The van der Waals surface area contributed by atoms with Crippen LogP contribution in [-0.4, -0.2) is 45.8 Å². The monoisotopic (exact) mass is 248 g/mol. The fraction of sp³-hybridized carbons (Fsp3) is 0.692. The fourth-order valence-corrected chi connectivity index (χ4v) is 2.51. The Balaban J connectivity index is 1.52. The molecule has 0 bridgehead atoms. The van der Waals surface area contributed by atoms with Crippen LogP contribution in [0.15, 0.2) is 18.5 Å². The van der Waals surface area contributed by atoms with E-state index in [0.717, 1.165) is 32.5 Å². The predicted molar refractivity (Wildman–Crippen MR) is 68.0 cm³/mol. The lowest BCUT2D eigenvalue weighted by molar-refractivity contribution is -0.136. The number of aromatic nitrogens is 2. The number of piperidine rings is 1. The van der Waals surface area contributed by atoms with Crippen molar-refractivity contribution in [3.05, 3.63) is 18.5 Å². The molecule has 1 amide bonds. The molecule has 1 saturated heterocycles. The van der Waals surface area contributed by atoms with Gasteiger partial charge >= 0.3 is 0 Å². The van der Waals surface area contributed by atoms with Gasteiger partial charge in [0, 0.05) is 31.5 Å². The van der Waals surface area contributed by atoms with Crippen molar-refractivity contribution in [3.63, 3.8) is 0 Å². The summed E-state index contributed by atoms with van der Waals surface area (Å²) in [5.74, 6) is 0.278. The number of carbonyl (C=O) groups excluding carboxylic acids is 1. The van der Waals surface area contributed by atoms with Crippen LogP contribution < -0.4 is 5.32 Å². The van der Waals surface area contributed by atoms with Crippen molar-refractivity contribution in [2.24, 2.45) is 0 Å². The first-order valence-electron chi connectivity index (χ1n) is 6.85. The number of likely N-dealkylation sites (tertiary alicyclic amines) is 1. The van der Waals surface area contributed by atoms with Gasteiger partial charge in [0.2, 0.25) is 5.91 Å². The minimum absolute atomic E-state index is 0.0591. The molecule has 3 rings (SSSR count). The Morgan fingerprint density at radius 2 is 2.22 bits per heavy atom.